The molecule has 1 aromatic carbocycles. The van der Waals surface area contributed by atoms with Crippen LogP contribution in [0, 0.1) is 0 Å². The number of methoxy groups -OCH3 is 1. The maximum Gasteiger partial charge on any atom is 0.167 e. The standard InChI is InChI=1S/C11H11NO2S/c1-13-10-4-2-8(3-5-10)11-6-9(7-15)12-14-11/h2-6,15H,7H2,1H3. The number of rotatable bonds is 3. The van der Waals surface area contributed by atoms with E-state index in [0.29, 0.717) is 5.75 Å². The molecule has 0 aliphatic rings. The van der Waals surface area contributed by atoms with Crippen molar-refractivity contribution < 1.29 is 9.26 Å². The highest BCUT2D eigenvalue weighted by atomic mass is 32.1. The molecular weight excluding hydrogens is 210 g/mol. The lowest BCUT2D eigenvalue weighted by Crippen LogP contribution is -1.81. The van der Waals surface area contributed by atoms with Crippen molar-refractivity contribution in [2.45, 2.75) is 5.75 Å². The van der Waals surface area contributed by atoms with Gasteiger partial charge in [0, 0.05) is 17.4 Å². The van der Waals surface area contributed by atoms with Gasteiger partial charge in [0.2, 0.25) is 0 Å². The third-order valence-corrected chi connectivity index (χ3v) is 2.42. The van der Waals surface area contributed by atoms with Crippen LogP contribution in [0.15, 0.2) is 34.9 Å². The number of hydrogen-bond acceptors (Lipinski definition) is 4. The highest BCUT2D eigenvalue weighted by Crippen LogP contribution is 2.23. The van der Waals surface area contributed by atoms with Gasteiger partial charge in [-0.05, 0) is 24.3 Å². The van der Waals surface area contributed by atoms with Crippen molar-refractivity contribution in [3.8, 4) is 17.1 Å². The molecule has 0 radical (unpaired) electrons. The van der Waals surface area contributed by atoms with Gasteiger partial charge in [0.15, 0.2) is 5.76 Å². The molecule has 0 saturated heterocycles. The van der Waals surface area contributed by atoms with Crippen molar-refractivity contribution in [3.05, 3.63) is 36.0 Å². The summed E-state index contributed by atoms with van der Waals surface area (Å²) in [5, 5.41) is 3.87. The average Bonchev–Trinajstić information content (AvgIpc) is 2.78. The van der Waals surface area contributed by atoms with Crippen LogP contribution in [0.5, 0.6) is 5.75 Å². The minimum atomic E-state index is 0.583. The molecule has 78 valence electrons. The molecule has 0 spiro atoms. The Morgan fingerprint density at radius 3 is 2.60 bits per heavy atom. The second kappa shape index (κ2) is 4.40. The smallest absolute Gasteiger partial charge is 0.167 e. The van der Waals surface area contributed by atoms with Crippen LogP contribution in [0.25, 0.3) is 11.3 Å². The summed E-state index contributed by atoms with van der Waals surface area (Å²) >= 11 is 4.12. The summed E-state index contributed by atoms with van der Waals surface area (Å²) in [7, 11) is 1.64. The fourth-order valence-corrected chi connectivity index (χ4v) is 1.43. The SMILES string of the molecule is COc1ccc(-c2cc(CS)no2)cc1. The first-order chi connectivity index (χ1) is 7.33. The molecule has 4 heteroatoms. The van der Waals surface area contributed by atoms with Crippen LogP contribution >= 0.6 is 12.6 Å². The lowest BCUT2D eigenvalue weighted by Gasteiger charge is -1.99. The first kappa shape index (κ1) is 10.1. The Bertz CT molecular complexity index is 436. The summed E-state index contributed by atoms with van der Waals surface area (Å²) < 4.78 is 10.2. The van der Waals surface area contributed by atoms with Gasteiger partial charge in [-0.2, -0.15) is 12.6 Å². The van der Waals surface area contributed by atoms with Crippen molar-refractivity contribution in [2.24, 2.45) is 0 Å². The van der Waals surface area contributed by atoms with Gasteiger partial charge in [-0.3, -0.25) is 0 Å². The molecule has 0 atom stereocenters. The molecule has 0 bridgehead atoms. The predicted octanol–water partition coefficient (Wildman–Crippen LogP) is 2.78. The largest absolute Gasteiger partial charge is 0.497 e. The molecule has 0 unspecified atom stereocenters. The molecule has 1 heterocycles. The van der Waals surface area contributed by atoms with Crippen LogP contribution in [0.1, 0.15) is 5.69 Å². The number of ether oxygens (including phenoxy) is 1. The molecule has 2 aromatic rings. The summed E-state index contributed by atoms with van der Waals surface area (Å²) in [5.41, 5.74) is 1.82. The van der Waals surface area contributed by atoms with E-state index < -0.39 is 0 Å². The van der Waals surface area contributed by atoms with E-state index in [1.807, 2.05) is 30.3 Å². The minimum absolute atomic E-state index is 0.583. The molecule has 1 aromatic heterocycles. The molecule has 0 N–H and O–H groups in total. The molecule has 0 amide bonds. The number of hydrogen-bond donors (Lipinski definition) is 1. The van der Waals surface area contributed by atoms with E-state index in [1.165, 1.54) is 0 Å². The minimum Gasteiger partial charge on any atom is -0.497 e. The van der Waals surface area contributed by atoms with Crippen molar-refractivity contribution in [1.82, 2.24) is 5.16 Å². The van der Waals surface area contributed by atoms with Gasteiger partial charge in [0.05, 0.1) is 12.8 Å². The number of aromatic nitrogens is 1. The Labute approximate surface area is 93.5 Å². The zero-order valence-electron chi connectivity index (χ0n) is 8.30. The Balaban J connectivity index is 2.28. The van der Waals surface area contributed by atoms with Crippen molar-refractivity contribution in [2.75, 3.05) is 7.11 Å². The highest BCUT2D eigenvalue weighted by Gasteiger charge is 2.05. The number of thiol groups is 1. The van der Waals surface area contributed by atoms with Crippen LogP contribution in [-0.2, 0) is 5.75 Å². The van der Waals surface area contributed by atoms with Gasteiger partial charge in [0.1, 0.15) is 5.75 Å². The van der Waals surface area contributed by atoms with Gasteiger partial charge in [0.25, 0.3) is 0 Å². The molecule has 0 aliphatic heterocycles. The maximum absolute atomic E-state index is 5.18. The monoisotopic (exact) mass is 221 g/mol. The molecule has 0 saturated carbocycles. The van der Waals surface area contributed by atoms with E-state index in [2.05, 4.69) is 17.8 Å². The quantitative estimate of drug-likeness (QED) is 0.809. The van der Waals surface area contributed by atoms with Gasteiger partial charge in [-0.25, -0.2) is 0 Å². The van der Waals surface area contributed by atoms with Crippen LogP contribution < -0.4 is 4.74 Å². The number of nitrogens with zero attached hydrogens (tertiary/aromatic N) is 1. The second-order valence-electron chi connectivity index (χ2n) is 3.07. The van der Waals surface area contributed by atoms with Crippen molar-refractivity contribution >= 4 is 12.6 Å². The van der Waals surface area contributed by atoms with E-state index in [4.69, 9.17) is 9.26 Å². The third kappa shape index (κ3) is 2.15. The Morgan fingerprint density at radius 2 is 2.07 bits per heavy atom. The maximum atomic E-state index is 5.18. The Hall–Kier alpha value is -1.42. The van der Waals surface area contributed by atoms with Crippen LogP contribution in [0.4, 0.5) is 0 Å². The normalized spacial score (nSPS) is 10.3. The Morgan fingerprint density at radius 1 is 1.33 bits per heavy atom. The van der Waals surface area contributed by atoms with E-state index in [-0.39, 0.29) is 0 Å². The van der Waals surface area contributed by atoms with E-state index in [9.17, 15) is 0 Å². The third-order valence-electron chi connectivity index (χ3n) is 2.10. The van der Waals surface area contributed by atoms with Gasteiger partial charge >= 0.3 is 0 Å². The summed E-state index contributed by atoms with van der Waals surface area (Å²) in [6, 6.07) is 9.52. The zero-order valence-corrected chi connectivity index (χ0v) is 9.20. The Kier molecular flexibility index (Phi) is 2.97. The van der Waals surface area contributed by atoms with Crippen LogP contribution in [0.3, 0.4) is 0 Å². The highest BCUT2D eigenvalue weighted by molar-refractivity contribution is 7.79. The van der Waals surface area contributed by atoms with E-state index in [0.717, 1.165) is 22.8 Å². The topological polar surface area (TPSA) is 35.3 Å². The predicted molar refractivity (Wildman–Crippen MR) is 61.2 cm³/mol. The van der Waals surface area contributed by atoms with Gasteiger partial charge in [-0.15, -0.1) is 0 Å². The van der Waals surface area contributed by atoms with Gasteiger partial charge < -0.3 is 9.26 Å². The fourth-order valence-electron chi connectivity index (χ4n) is 1.28. The summed E-state index contributed by atoms with van der Waals surface area (Å²) in [6.45, 7) is 0. The lowest BCUT2D eigenvalue weighted by atomic mass is 10.1. The summed E-state index contributed by atoms with van der Waals surface area (Å²) in [4.78, 5) is 0. The molecule has 15 heavy (non-hydrogen) atoms. The first-order valence-electron chi connectivity index (χ1n) is 4.54. The van der Waals surface area contributed by atoms with Crippen molar-refractivity contribution in [3.63, 3.8) is 0 Å². The van der Waals surface area contributed by atoms with Crippen molar-refractivity contribution in [1.29, 1.82) is 0 Å². The molecule has 2 rings (SSSR count). The van der Waals surface area contributed by atoms with Crippen LogP contribution in [-0.4, -0.2) is 12.3 Å². The zero-order chi connectivity index (χ0) is 10.7. The molecule has 3 nitrogen and oxygen atoms in total. The fraction of sp³-hybridized carbons (Fsp3) is 0.182. The van der Waals surface area contributed by atoms with E-state index in [1.54, 1.807) is 7.11 Å². The summed E-state index contributed by atoms with van der Waals surface area (Å²) in [6.07, 6.45) is 0. The molecule has 0 aliphatic carbocycles. The first-order valence-corrected chi connectivity index (χ1v) is 5.17. The average molecular weight is 221 g/mol. The molecule has 0 fully saturated rings. The van der Waals surface area contributed by atoms with E-state index >= 15 is 0 Å². The lowest BCUT2D eigenvalue weighted by molar-refractivity contribution is 0.414. The van der Waals surface area contributed by atoms with Crippen LogP contribution in [0.2, 0.25) is 0 Å². The number of benzene rings is 1. The van der Waals surface area contributed by atoms with Gasteiger partial charge in [-0.1, -0.05) is 5.16 Å². The molecular formula is C11H11NO2S. The second-order valence-corrected chi connectivity index (χ2v) is 3.39. The summed E-state index contributed by atoms with van der Waals surface area (Å²) in [5.74, 6) is 2.16.